The van der Waals surface area contributed by atoms with Crippen LogP contribution in [0.5, 0.6) is 0 Å². The highest BCUT2D eigenvalue weighted by Crippen LogP contribution is 2.50. The summed E-state index contributed by atoms with van der Waals surface area (Å²) >= 11 is 1.49. The van der Waals surface area contributed by atoms with Crippen molar-refractivity contribution < 1.29 is 9.53 Å². The number of aromatic nitrogens is 1. The molecule has 1 atom stereocenters. The van der Waals surface area contributed by atoms with Gasteiger partial charge in [0.2, 0.25) is 0 Å². The van der Waals surface area contributed by atoms with E-state index in [1.807, 2.05) is 5.38 Å². The van der Waals surface area contributed by atoms with Crippen molar-refractivity contribution in [1.82, 2.24) is 9.88 Å². The van der Waals surface area contributed by atoms with Gasteiger partial charge in [0.1, 0.15) is 6.10 Å². The first kappa shape index (κ1) is 12.8. The standard InChI is InChI=1S/C12H18N4O2S/c1-15(2)12(3-4-12)9-7-19-10(14-9)16-6-8(5-13)18-11(16)17/h7-8H,3-6,13H2,1-2H3/t8-/m0/s1. The second-order valence-electron chi connectivity index (χ2n) is 5.29. The topological polar surface area (TPSA) is 71.7 Å². The van der Waals surface area contributed by atoms with E-state index in [9.17, 15) is 4.79 Å². The van der Waals surface area contributed by atoms with E-state index in [0.29, 0.717) is 18.2 Å². The van der Waals surface area contributed by atoms with Crippen molar-refractivity contribution in [3.8, 4) is 0 Å². The molecule has 6 nitrogen and oxygen atoms in total. The van der Waals surface area contributed by atoms with E-state index in [2.05, 4.69) is 24.0 Å². The first-order chi connectivity index (χ1) is 9.06. The van der Waals surface area contributed by atoms with Gasteiger partial charge in [0.05, 0.1) is 17.8 Å². The van der Waals surface area contributed by atoms with Crippen molar-refractivity contribution in [1.29, 1.82) is 0 Å². The van der Waals surface area contributed by atoms with Crippen LogP contribution in [0.1, 0.15) is 18.5 Å². The van der Waals surface area contributed by atoms with Gasteiger partial charge in [0, 0.05) is 11.9 Å². The minimum atomic E-state index is -0.342. The number of nitrogens with two attached hydrogens (primary N) is 1. The lowest BCUT2D eigenvalue weighted by molar-refractivity contribution is 0.145. The maximum absolute atomic E-state index is 11.8. The van der Waals surface area contributed by atoms with Crippen molar-refractivity contribution in [2.75, 3.05) is 32.1 Å². The second-order valence-corrected chi connectivity index (χ2v) is 6.13. The average Bonchev–Trinajstić information content (AvgIpc) is 2.90. The van der Waals surface area contributed by atoms with E-state index in [1.54, 1.807) is 4.90 Å². The first-order valence-electron chi connectivity index (χ1n) is 6.38. The number of rotatable bonds is 4. The molecule has 1 aliphatic carbocycles. The summed E-state index contributed by atoms with van der Waals surface area (Å²) < 4.78 is 5.15. The molecule has 1 aliphatic heterocycles. The number of hydrogen-bond donors (Lipinski definition) is 1. The molecule has 0 spiro atoms. The minimum Gasteiger partial charge on any atom is -0.443 e. The molecule has 2 fully saturated rings. The summed E-state index contributed by atoms with van der Waals surface area (Å²) in [5.74, 6) is 0. The molecule has 104 valence electrons. The zero-order valence-electron chi connectivity index (χ0n) is 11.1. The predicted molar refractivity (Wildman–Crippen MR) is 73.4 cm³/mol. The van der Waals surface area contributed by atoms with Crippen LogP contribution in [0, 0.1) is 0 Å². The van der Waals surface area contributed by atoms with Crippen LogP contribution in [0.25, 0.3) is 0 Å². The SMILES string of the molecule is CN(C)C1(c2csc(N3C[C@H](CN)OC3=O)n2)CC1. The van der Waals surface area contributed by atoms with Gasteiger partial charge in [0.15, 0.2) is 5.13 Å². The van der Waals surface area contributed by atoms with Crippen LogP contribution in [0.15, 0.2) is 5.38 Å². The Balaban J connectivity index is 1.81. The molecule has 19 heavy (non-hydrogen) atoms. The van der Waals surface area contributed by atoms with Gasteiger partial charge in [-0.25, -0.2) is 14.7 Å². The van der Waals surface area contributed by atoms with Crippen LogP contribution >= 0.6 is 11.3 Å². The third-order valence-electron chi connectivity index (χ3n) is 3.92. The molecule has 0 radical (unpaired) electrons. The van der Waals surface area contributed by atoms with Crippen molar-refractivity contribution in [3.63, 3.8) is 0 Å². The number of hydrogen-bond acceptors (Lipinski definition) is 6. The molecule has 0 aromatic carbocycles. The van der Waals surface area contributed by atoms with Crippen molar-refractivity contribution in [2.24, 2.45) is 5.73 Å². The van der Waals surface area contributed by atoms with Crippen LogP contribution in [-0.4, -0.2) is 49.3 Å². The zero-order valence-corrected chi connectivity index (χ0v) is 11.9. The van der Waals surface area contributed by atoms with Crippen LogP contribution in [-0.2, 0) is 10.3 Å². The summed E-state index contributed by atoms with van der Waals surface area (Å²) in [5, 5.41) is 2.76. The summed E-state index contributed by atoms with van der Waals surface area (Å²) in [6.07, 6.45) is 1.69. The molecule has 3 rings (SSSR count). The predicted octanol–water partition coefficient (Wildman–Crippen LogP) is 0.978. The second kappa shape index (κ2) is 4.43. The Bertz CT molecular complexity index is 498. The molecule has 1 aromatic heterocycles. The first-order valence-corrected chi connectivity index (χ1v) is 7.26. The van der Waals surface area contributed by atoms with Gasteiger partial charge in [0.25, 0.3) is 0 Å². The number of nitrogens with zero attached hydrogens (tertiary/aromatic N) is 3. The van der Waals surface area contributed by atoms with Crippen LogP contribution in [0.3, 0.4) is 0 Å². The van der Waals surface area contributed by atoms with Crippen LogP contribution < -0.4 is 10.6 Å². The lowest BCUT2D eigenvalue weighted by atomic mass is 10.2. The Morgan fingerprint density at radius 2 is 2.37 bits per heavy atom. The number of thiazole rings is 1. The summed E-state index contributed by atoms with van der Waals surface area (Å²) in [5.41, 5.74) is 6.66. The maximum Gasteiger partial charge on any atom is 0.416 e. The van der Waals surface area contributed by atoms with E-state index in [4.69, 9.17) is 10.5 Å². The molecule has 7 heteroatoms. The summed E-state index contributed by atoms with van der Waals surface area (Å²) in [6, 6.07) is 0. The molecule has 1 aromatic rings. The van der Waals surface area contributed by atoms with E-state index >= 15 is 0 Å². The fraction of sp³-hybridized carbons (Fsp3) is 0.667. The Hall–Kier alpha value is -1.18. The molecule has 0 unspecified atom stereocenters. The third kappa shape index (κ3) is 2.01. The lowest BCUT2D eigenvalue weighted by Crippen LogP contribution is -2.29. The van der Waals surface area contributed by atoms with E-state index < -0.39 is 0 Å². The van der Waals surface area contributed by atoms with E-state index in [-0.39, 0.29) is 17.7 Å². The molecule has 0 bridgehead atoms. The molecule has 1 saturated heterocycles. The van der Waals surface area contributed by atoms with Crippen molar-refractivity contribution >= 4 is 22.6 Å². The highest BCUT2D eigenvalue weighted by Gasteiger charge is 2.48. The van der Waals surface area contributed by atoms with E-state index in [1.165, 1.54) is 11.3 Å². The number of cyclic esters (lactones) is 1. The van der Waals surface area contributed by atoms with Gasteiger partial charge in [-0.1, -0.05) is 0 Å². The third-order valence-corrected chi connectivity index (χ3v) is 4.78. The highest BCUT2D eigenvalue weighted by molar-refractivity contribution is 7.14. The van der Waals surface area contributed by atoms with Gasteiger partial charge in [-0.05, 0) is 26.9 Å². The monoisotopic (exact) mass is 282 g/mol. The largest absolute Gasteiger partial charge is 0.443 e. The smallest absolute Gasteiger partial charge is 0.416 e. The van der Waals surface area contributed by atoms with Crippen molar-refractivity contribution in [2.45, 2.75) is 24.5 Å². The highest BCUT2D eigenvalue weighted by atomic mass is 32.1. The number of amides is 1. The fourth-order valence-electron chi connectivity index (χ4n) is 2.45. The van der Waals surface area contributed by atoms with E-state index in [0.717, 1.165) is 18.5 Å². The fourth-order valence-corrected chi connectivity index (χ4v) is 3.37. The van der Waals surface area contributed by atoms with Gasteiger partial charge >= 0.3 is 6.09 Å². The van der Waals surface area contributed by atoms with Gasteiger partial charge in [-0.15, -0.1) is 11.3 Å². The molecule has 1 saturated carbocycles. The molecule has 2 heterocycles. The van der Waals surface area contributed by atoms with Crippen molar-refractivity contribution in [3.05, 3.63) is 11.1 Å². The Kier molecular flexibility index (Phi) is 2.99. The van der Waals surface area contributed by atoms with Gasteiger partial charge in [-0.2, -0.15) is 0 Å². The van der Waals surface area contributed by atoms with Gasteiger partial charge in [-0.3, -0.25) is 4.90 Å². The maximum atomic E-state index is 11.8. The zero-order chi connectivity index (χ0) is 13.6. The number of carbonyl (C=O) groups excluding carboxylic acids is 1. The van der Waals surface area contributed by atoms with Gasteiger partial charge < -0.3 is 10.5 Å². The summed E-state index contributed by atoms with van der Waals surface area (Å²) in [6.45, 7) is 0.847. The summed E-state index contributed by atoms with van der Waals surface area (Å²) in [7, 11) is 4.14. The quantitative estimate of drug-likeness (QED) is 0.891. The normalized spacial score (nSPS) is 24.9. The molecular formula is C12H18N4O2S. The molecular weight excluding hydrogens is 264 g/mol. The van der Waals surface area contributed by atoms with Crippen LogP contribution in [0.2, 0.25) is 0 Å². The number of ether oxygens (including phenoxy) is 1. The molecule has 1 amide bonds. The summed E-state index contributed by atoms with van der Waals surface area (Å²) in [4.78, 5) is 20.2. The number of anilines is 1. The van der Waals surface area contributed by atoms with Crippen LogP contribution in [0.4, 0.5) is 9.93 Å². The Morgan fingerprint density at radius 1 is 1.63 bits per heavy atom. The number of carbonyl (C=O) groups is 1. The minimum absolute atomic E-state index is 0.0750. The lowest BCUT2D eigenvalue weighted by Gasteiger charge is -2.21. The molecule has 2 N–H and O–H groups in total. The Morgan fingerprint density at radius 3 is 2.89 bits per heavy atom. The average molecular weight is 282 g/mol. The Labute approximate surface area is 116 Å². The molecule has 2 aliphatic rings.